The Hall–Kier alpha value is -4.07. The molecule has 1 saturated heterocycles. The molecule has 1 aliphatic heterocycles. The van der Waals surface area contributed by atoms with Gasteiger partial charge in [-0.1, -0.05) is 61.7 Å². The number of phenolic OH excluding ortho intramolecular Hbond substituents is 1. The van der Waals surface area contributed by atoms with Gasteiger partial charge in [0.15, 0.2) is 9.84 Å². The molecule has 3 aromatic rings. The lowest BCUT2D eigenvalue weighted by Gasteiger charge is -2.47. The topological polar surface area (TPSA) is 178 Å². The first kappa shape index (κ1) is 41.1. The molecule has 1 saturated carbocycles. The van der Waals surface area contributed by atoms with Gasteiger partial charge in [-0.2, -0.15) is 0 Å². The van der Waals surface area contributed by atoms with Crippen LogP contribution in [-0.4, -0.2) is 100 Å². The van der Waals surface area contributed by atoms with Crippen LogP contribution in [0.5, 0.6) is 5.75 Å². The zero-order chi connectivity index (χ0) is 39.4. The number of hydrogen-bond acceptors (Lipinski definition) is 9. The van der Waals surface area contributed by atoms with Gasteiger partial charge in [0, 0.05) is 41.9 Å². The van der Waals surface area contributed by atoms with Gasteiger partial charge in [0.05, 0.1) is 35.0 Å². The van der Waals surface area contributed by atoms with E-state index in [0.29, 0.717) is 41.3 Å². The summed E-state index contributed by atoms with van der Waals surface area (Å²) in [5, 5.41) is 32.2. The summed E-state index contributed by atoms with van der Waals surface area (Å²) < 4.78 is 24.5. The summed E-state index contributed by atoms with van der Waals surface area (Å²) in [6, 6.07) is 13.0. The van der Waals surface area contributed by atoms with Crippen LogP contribution in [-0.2, 0) is 37.1 Å². The van der Waals surface area contributed by atoms with Gasteiger partial charge in [0.1, 0.15) is 11.8 Å². The summed E-state index contributed by atoms with van der Waals surface area (Å²) in [6.45, 7) is 9.35. The fraction of sp³-hybridized carbons (Fsp3) is 0.561. The lowest BCUT2D eigenvalue weighted by molar-refractivity contribution is -0.133. The van der Waals surface area contributed by atoms with E-state index >= 15 is 0 Å². The quantitative estimate of drug-likeness (QED) is 0.174. The third-order valence-corrected chi connectivity index (χ3v) is 13.3. The number of piperidine rings is 1. The number of fused-ring (bicyclic) bond motifs is 2. The number of nitrogens with one attached hydrogen (secondary N) is 3. The Morgan fingerprint density at radius 2 is 1.65 bits per heavy atom. The lowest BCUT2D eigenvalue weighted by atomic mass is 9.72. The number of aromatic hydroxyl groups is 1. The number of pyridine rings is 1. The zero-order valence-corrected chi connectivity index (χ0v) is 33.2. The van der Waals surface area contributed by atoms with Crippen LogP contribution in [0.2, 0.25) is 0 Å². The Morgan fingerprint density at radius 3 is 2.31 bits per heavy atom. The average molecular weight is 764 g/mol. The minimum Gasteiger partial charge on any atom is -0.507 e. The lowest BCUT2D eigenvalue weighted by Crippen LogP contribution is -2.64. The Kier molecular flexibility index (Phi) is 12.7. The molecule has 294 valence electrons. The van der Waals surface area contributed by atoms with Gasteiger partial charge in [-0.05, 0) is 83.4 Å². The average Bonchev–Trinajstić information content (AvgIpc) is 3.09. The van der Waals surface area contributed by atoms with Crippen LogP contribution in [0.15, 0.2) is 60.8 Å². The van der Waals surface area contributed by atoms with Crippen LogP contribution >= 0.6 is 0 Å². The standard InChI is InChI=1S/C41H57N5O7S/c1-40(2,3)45-38(50)33-20-27-15-10-11-16-29(27)24-46(33)25-35(48)32(19-26-13-8-7-9-14-26)43-39(51)37(41(4,5)54(6,52)53)44-36(49)22-30-21-31-28(23-42-30)17-12-18-34(31)47/h7-9,12-14,17-18,21,23,27,29,32-33,35,37,47-48H,10-11,15-16,19-20,22,24-25H2,1-6H3,(H,43,51)(H,44,49)(H,45,50)/t27-,29+,32-,33-,35+,37+/m0/s1. The smallest absolute Gasteiger partial charge is 0.244 e. The molecule has 6 atom stereocenters. The Balaban J connectivity index is 1.40. The molecular weight excluding hydrogens is 707 g/mol. The predicted octanol–water partition coefficient (Wildman–Crippen LogP) is 3.67. The second-order valence-corrected chi connectivity index (χ2v) is 19.4. The number of hydrogen-bond donors (Lipinski definition) is 5. The second-order valence-electron chi connectivity index (χ2n) is 16.8. The largest absolute Gasteiger partial charge is 0.507 e. The van der Waals surface area contributed by atoms with Crippen LogP contribution in [0.4, 0.5) is 0 Å². The van der Waals surface area contributed by atoms with Gasteiger partial charge in [-0.15, -0.1) is 0 Å². The number of likely N-dealkylation sites (tertiary alicyclic amines) is 1. The number of β-amino-alcohol motifs (C(OH)–C–C–N with tert-alkyl or cyclic N) is 1. The molecule has 0 unspecified atom stereocenters. The zero-order valence-electron chi connectivity index (χ0n) is 32.3. The Labute approximate surface area is 319 Å². The Bertz CT molecular complexity index is 1910. The van der Waals surface area contributed by atoms with Crippen molar-refractivity contribution in [2.24, 2.45) is 11.8 Å². The molecule has 0 bridgehead atoms. The van der Waals surface area contributed by atoms with Gasteiger partial charge < -0.3 is 26.2 Å². The number of aliphatic hydroxyl groups excluding tert-OH is 1. The van der Waals surface area contributed by atoms with E-state index < -0.39 is 56.2 Å². The van der Waals surface area contributed by atoms with Crippen molar-refractivity contribution < 1.29 is 33.0 Å². The van der Waals surface area contributed by atoms with Crippen molar-refractivity contribution in [1.82, 2.24) is 25.8 Å². The molecule has 5 rings (SSSR count). The molecular formula is C41H57N5O7S. The van der Waals surface area contributed by atoms with Crippen molar-refractivity contribution in [3.63, 3.8) is 0 Å². The first-order chi connectivity index (χ1) is 25.3. The van der Waals surface area contributed by atoms with Gasteiger partial charge in [-0.25, -0.2) is 8.42 Å². The fourth-order valence-corrected chi connectivity index (χ4v) is 8.44. The number of carbonyl (C=O) groups excluding carboxylic acids is 3. The van der Waals surface area contributed by atoms with Crippen LogP contribution < -0.4 is 16.0 Å². The number of phenols is 1. The normalized spacial score (nSPS) is 21.4. The van der Waals surface area contributed by atoms with Crippen LogP contribution in [0.1, 0.15) is 78.0 Å². The maximum Gasteiger partial charge on any atom is 0.244 e. The first-order valence-electron chi connectivity index (χ1n) is 19.0. The highest BCUT2D eigenvalue weighted by atomic mass is 32.2. The Morgan fingerprint density at radius 1 is 0.963 bits per heavy atom. The number of rotatable bonds is 13. The molecule has 2 aliphatic rings. The van der Waals surface area contributed by atoms with Crippen molar-refractivity contribution in [1.29, 1.82) is 0 Å². The van der Waals surface area contributed by atoms with E-state index in [9.17, 15) is 33.0 Å². The number of carbonyl (C=O) groups is 3. The summed E-state index contributed by atoms with van der Waals surface area (Å²) >= 11 is 0. The SMILES string of the molecule is CC(C)(C)NC(=O)[C@@H]1C[C@@H]2CCCC[C@@H]2CN1C[C@@H](O)[C@H](Cc1ccccc1)NC(=O)[C@@H](NC(=O)Cc1cc2c(O)cccc2cn1)C(C)(C)S(C)(=O)=O. The van der Waals surface area contributed by atoms with E-state index in [2.05, 4.69) is 25.8 Å². The minimum absolute atomic E-state index is 0.0271. The molecule has 0 spiro atoms. The van der Waals surface area contributed by atoms with E-state index in [1.54, 1.807) is 18.2 Å². The van der Waals surface area contributed by atoms with E-state index in [1.165, 1.54) is 26.1 Å². The van der Waals surface area contributed by atoms with E-state index in [1.807, 2.05) is 51.1 Å². The third kappa shape index (κ3) is 10.2. The summed E-state index contributed by atoms with van der Waals surface area (Å²) in [5.41, 5.74) is 0.720. The predicted molar refractivity (Wildman–Crippen MR) is 209 cm³/mol. The number of benzene rings is 2. The highest BCUT2D eigenvalue weighted by Crippen LogP contribution is 2.39. The van der Waals surface area contributed by atoms with Crippen LogP contribution in [0.3, 0.4) is 0 Å². The molecule has 54 heavy (non-hydrogen) atoms. The molecule has 2 heterocycles. The number of aromatic nitrogens is 1. The molecule has 2 aromatic carbocycles. The number of nitrogens with zero attached hydrogens (tertiary/aromatic N) is 2. The van der Waals surface area contributed by atoms with Crippen molar-refractivity contribution in [3.05, 3.63) is 72.1 Å². The highest BCUT2D eigenvalue weighted by Gasteiger charge is 2.46. The molecule has 3 amide bonds. The molecule has 1 aromatic heterocycles. The summed E-state index contributed by atoms with van der Waals surface area (Å²) in [4.78, 5) is 47.9. The maximum atomic E-state index is 14.3. The second kappa shape index (κ2) is 16.7. The molecule has 12 nitrogen and oxygen atoms in total. The number of sulfone groups is 1. The fourth-order valence-electron chi connectivity index (χ4n) is 7.85. The highest BCUT2D eigenvalue weighted by molar-refractivity contribution is 7.92. The van der Waals surface area contributed by atoms with Crippen LogP contribution in [0, 0.1) is 11.8 Å². The summed E-state index contributed by atoms with van der Waals surface area (Å²) in [5.74, 6) is -0.632. The molecule has 5 N–H and O–H groups in total. The number of aliphatic hydroxyl groups is 1. The van der Waals surface area contributed by atoms with Crippen molar-refractivity contribution in [2.45, 2.75) is 114 Å². The molecule has 13 heteroatoms. The van der Waals surface area contributed by atoms with Crippen LogP contribution in [0.25, 0.3) is 10.8 Å². The van der Waals surface area contributed by atoms with Gasteiger partial charge in [0.2, 0.25) is 17.7 Å². The molecule has 1 aliphatic carbocycles. The third-order valence-electron chi connectivity index (χ3n) is 11.2. The van der Waals surface area contributed by atoms with E-state index in [-0.39, 0.29) is 31.0 Å². The molecule has 2 fully saturated rings. The van der Waals surface area contributed by atoms with E-state index in [0.717, 1.165) is 37.5 Å². The minimum atomic E-state index is -3.92. The maximum absolute atomic E-state index is 14.3. The van der Waals surface area contributed by atoms with Crippen molar-refractivity contribution >= 4 is 38.3 Å². The van der Waals surface area contributed by atoms with Crippen molar-refractivity contribution in [3.8, 4) is 5.75 Å². The van der Waals surface area contributed by atoms with Crippen molar-refractivity contribution in [2.75, 3.05) is 19.3 Å². The molecule has 0 radical (unpaired) electrons. The summed E-state index contributed by atoms with van der Waals surface area (Å²) in [6.07, 6.45) is 6.45. The van der Waals surface area contributed by atoms with Gasteiger partial charge in [0.25, 0.3) is 0 Å². The summed E-state index contributed by atoms with van der Waals surface area (Å²) in [7, 11) is -3.92. The van der Waals surface area contributed by atoms with Gasteiger partial charge >= 0.3 is 0 Å². The van der Waals surface area contributed by atoms with Gasteiger partial charge in [-0.3, -0.25) is 24.3 Å². The first-order valence-corrected chi connectivity index (χ1v) is 20.9. The number of amides is 3. The monoisotopic (exact) mass is 763 g/mol. The van der Waals surface area contributed by atoms with E-state index in [4.69, 9.17) is 0 Å².